The minimum absolute atomic E-state index is 0.0303. The summed E-state index contributed by atoms with van der Waals surface area (Å²) < 4.78 is 37.8. The average molecular weight is 947 g/mol. The molecule has 0 saturated heterocycles. The first-order valence-corrected chi connectivity index (χ1v) is 22.0. The van der Waals surface area contributed by atoms with Crippen LogP contribution >= 0.6 is 23.2 Å². The lowest BCUT2D eigenvalue weighted by Crippen LogP contribution is -2.03. The molecule has 12 rings (SSSR count). The first-order chi connectivity index (χ1) is 32.5. The van der Waals surface area contributed by atoms with Gasteiger partial charge < -0.3 is 19.6 Å². The normalized spacial score (nSPS) is 13.6. The Kier molecular flexibility index (Phi) is 11.7. The highest BCUT2D eigenvalue weighted by Crippen LogP contribution is 2.39. The van der Waals surface area contributed by atoms with Gasteiger partial charge in [0.25, 0.3) is 0 Å². The highest BCUT2D eigenvalue weighted by atomic mass is 35.5. The van der Waals surface area contributed by atoms with Crippen LogP contribution in [-0.4, -0.2) is 84.4 Å². The van der Waals surface area contributed by atoms with E-state index in [4.69, 9.17) is 34.0 Å². The van der Waals surface area contributed by atoms with E-state index in [0.29, 0.717) is 59.3 Å². The van der Waals surface area contributed by atoms with Gasteiger partial charge in [0.05, 0.1) is 106 Å². The fraction of sp³-hybridized carbons (Fsp3) is 0.244. The molecule has 10 aromatic rings. The summed E-state index contributed by atoms with van der Waals surface area (Å²) in [7, 11) is 0. The van der Waals surface area contributed by atoms with Gasteiger partial charge in [-0.15, -0.1) is 0 Å². The Hall–Kier alpha value is -7.42. The van der Waals surface area contributed by atoms with Crippen LogP contribution in [0.25, 0.3) is 22.3 Å². The Labute approximate surface area is 388 Å². The van der Waals surface area contributed by atoms with Gasteiger partial charge in [0.15, 0.2) is 28.7 Å². The summed E-state index contributed by atoms with van der Waals surface area (Å²) in [6.07, 6.45) is 21.5. The maximum absolute atomic E-state index is 14.4. The van der Waals surface area contributed by atoms with E-state index < -0.39 is 17.6 Å². The predicted octanol–water partition coefficient (Wildman–Crippen LogP) is 7.24. The molecule has 67 heavy (non-hydrogen) atoms. The molecule has 2 fully saturated rings. The molecule has 2 aliphatic carbocycles. The first-order valence-electron chi connectivity index (χ1n) is 21.3. The van der Waals surface area contributed by atoms with Crippen LogP contribution in [0.2, 0.25) is 10.0 Å². The number of carbonyl (C=O) groups is 2. The van der Waals surface area contributed by atoms with Crippen molar-refractivity contribution in [2.24, 2.45) is 5.73 Å². The summed E-state index contributed by atoms with van der Waals surface area (Å²) in [5.41, 5.74) is 13.1. The van der Waals surface area contributed by atoms with Crippen LogP contribution in [0.3, 0.4) is 0 Å². The molecular formula is C45H39Cl2F2N15O3. The molecule has 22 heteroatoms. The van der Waals surface area contributed by atoms with Crippen LogP contribution in [0.1, 0.15) is 98.8 Å². The van der Waals surface area contributed by atoms with Crippen LogP contribution in [0.4, 0.5) is 8.78 Å². The van der Waals surface area contributed by atoms with E-state index in [1.54, 1.807) is 52.0 Å². The van der Waals surface area contributed by atoms with E-state index in [2.05, 4.69) is 40.3 Å². The van der Waals surface area contributed by atoms with Gasteiger partial charge in [-0.2, -0.15) is 20.4 Å². The largest absolute Gasteiger partial charge is 0.478 e. The van der Waals surface area contributed by atoms with Crippen LogP contribution in [0.5, 0.6) is 0 Å². The maximum atomic E-state index is 14.4. The van der Waals surface area contributed by atoms with E-state index in [9.17, 15) is 18.4 Å². The van der Waals surface area contributed by atoms with Crippen molar-refractivity contribution < 1.29 is 23.5 Å². The van der Waals surface area contributed by atoms with Gasteiger partial charge in [-0.05, 0) is 68.5 Å². The van der Waals surface area contributed by atoms with Gasteiger partial charge in [-0.3, -0.25) is 14.2 Å². The summed E-state index contributed by atoms with van der Waals surface area (Å²) in [6.45, 7) is 1.06. The Balaban J connectivity index is 0.000000131. The number of rotatable bonds is 12. The number of aromatic carboxylic acids is 1. The molecule has 0 radical (unpaired) electrons. The number of fused-ring (bicyclic) bond motifs is 4. The van der Waals surface area contributed by atoms with Gasteiger partial charge in [0.1, 0.15) is 11.0 Å². The summed E-state index contributed by atoms with van der Waals surface area (Å²) in [5, 5.41) is 26.5. The lowest BCUT2D eigenvalue weighted by molar-refractivity contribution is 0.0696. The Morgan fingerprint density at radius 3 is 1.67 bits per heavy atom. The molecule has 2 saturated carbocycles. The number of Topliss-reactive ketones (excluding diaryl/α,β-unsaturated/α-hetero) is 1. The third-order valence-electron chi connectivity index (χ3n) is 11.4. The molecule has 2 aliphatic rings. The number of carboxylic acids is 1. The smallest absolute Gasteiger partial charge is 0.338 e. The van der Waals surface area contributed by atoms with Crippen molar-refractivity contribution in [1.82, 2.24) is 67.5 Å². The monoisotopic (exact) mass is 945 g/mol. The molecule has 0 amide bonds. The number of hydrogen-bond donors (Lipinski definition) is 2. The summed E-state index contributed by atoms with van der Waals surface area (Å²) in [6, 6.07) is 11.0. The summed E-state index contributed by atoms with van der Waals surface area (Å²) in [5.74, 6) is -0.888. The fourth-order valence-electron chi connectivity index (χ4n) is 7.60. The molecule has 18 nitrogen and oxygen atoms in total. The first kappa shape index (κ1) is 43.5. The number of aryl methyl sites for hydroxylation is 1. The Morgan fingerprint density at radius 1 is 0.687 bits per heavy atom. The molecule has 10 aromatic heterocycles. The predicted molar refractivity (Wildman–Crippen MR) is 240 cm³/mol. The molecule has 0 aromatic carbocycles. The quantitative estimate of drug-likeness (QED) is 0.116. The second kappa shape index (κ2) is 18.1. The van der Waals surface area contributed by atoms with Crippen molar-refractivity contribution in [3.05, 3.63) is 166 Å². The molecular weight excluding hydrogens is 907 g/mol. The van der Waals surface area contributed by atoms with E-state index in [-0.39, 0.29) is 34.4 Å². The number of nitrogens with zero attached hydrogens (tertiary/aromatic N) is 14. The van der Waals surface area contributed by atoms with Crippen LogP contribution in [-0.2, 0) is 26.1 Å². The third-order valence-corrected chi connectivity index (χ3v) is 12.0. The Bertz CT molecular complexity index is 3470. The molecule has 0 spiro atoms. The number of ketones is 1. The van der Waals surface area contributed by atoms with Crippen molar-refractivity contribution in [1.29, 1.82) is 0 Å². The molecule has 0 unspecified atom stereocenters. The minimum atomic E-state index is -0.980. The van der Waals surface area contributed by atoms with E-state index >= 15 is 0 Å². The summed E-state index contributed by atoms with van der Waals surface area (Å²) in [4.78, 5) is 40.8. The number of carbonyl (C=O) groups excluding carboxylic acids is 1. The van der Waals surface area contributed by atoms with E-state index in [1.165, 1.54) is 62.9 Å². The molecule has 10 heterocycles. The minimum Gasteiger partial charge on any atom is -0.478 e. The van der Waals surface area contributed by atoms with E-state index in [0.717, 1.165) is 34.1 Å². The molecule has 340 valence electrons. The average Bonchev–Trinajstić information content (AvgIpc) is 3.90. The van der Waals surface area contributed by atoms with Crippen molar-refractivity contribution in [2.75, 3.05) is 0 Å². The highest BCUT2D eigenvalue weighted by Gasteiger charge is 2.26. The van der Waals surface area contributed by atoms with Gasteiger partial charge >= 0.3 is 5.97 Å². The van der Waals surface area contributed by atoms with Gasteiger partial charge in [0, 0.05) is 49.6 Å². The number of hydrogen-bond acceptors (Lipinski definition) is 11. The number of imidazole rings is 4. The molecule has 0 atom stereocenters. The van der Waals surface area contributed by atoms with Crippen LogP contribution in [0, 0.1) is 11.6 Å². The molecule has 0 aliphatic heterocycles. The number of carboxylic acid groups (broad SMARTS) is 1. The zero-order chi connectivity index (χ0) is 46.3. The zero-order valence-electron chi connectivity index (χ0n) is 35.4. The van der Waals surface area contributed by atoms with Gasteiger partial charge in [-0.25, -0.2) is 42.5 Å². The number of pyridine rings is 2. The van der Waals surface area contributed by atoms with Crippen molar-refractivity contribution in [3.8, 4) is 0 Å². The SMILES string of the molecule is NCc1ncn2ccc(Cl)c(F)c12.O=C(CCc1ncn2ccc(Cl)c(F)c12)c1cnn(Cc2cn3nc(C4CC4)ccc3n2)c1.O=C(O)c1cnn(Cc2cn3nc(C4CC4)ccc3n2)c1. The highest BCUT2D eigenvalue weighted by molar-refractivity contribution is 6.31. The molecule has 0 bridgehead atoms. The third kappa shape index (κ3) is 9.36. The second-order valence-corrected chi connectivity index (χ2v) is 17.1. The standard InChI is InChI=1S/C23H19ClFN7O.C14H13N5O2.C8H7ClFN3/c24-17-7-8-30-13-26-19(23(30)22(17)25)3-5-20(33)15-9-27-31(10-15)11-16-12-32-21(28-16)6-4-18(29-32)14-1-2-14;20-14(21)10-5-15-18(6-10)7-11-8-19-13(16-11)4-3-12(17-19)9-1-2-9;9-5-1-2-13-4-12-6(3-11)8(13)7(5)10/h4,6-10,12-14H,1-3,5,11H2;3-6,8-9H,1-2,7H2,(H,20,21);1-2,4H,3,11H2. The number of aromatic nitrogens is 14. The fourth-order valence-corrected chi connectivity index (χ4v) is 7.89. The Morgan fingerprint density at radius 2 is 1.18 bits per heavy atom. The number of nitrogens with two attached hydrogens (primary N) is 1. The molecule has 3 N–H and O–H groups in total. The summed E-state index contributed by atoms with van der Waals surface area (Å²) >= 11 is 11.5. The van der Waals surface area contributed by atoms with Crippen molar-refractivity contribution in [3.63, 3.8) is 0 Å². The zero-order valence-corrected chi connectivity index (χ0v) is 36.9. The van der Waals surface area contributed by atoms with Gasteiger partial charge in [0.2, 0.25) is 0 Å². The lowest BCUT2D eigenvalue weighted by Gasteiger charge is -2.01. The number of halogens is 4. The van der Waals surface area contributed by atoms with Crippen molar-refractivity contribution >= 4 is 57.3 Å². The second-order valence-electron chi connectivity index (χ2n) is 16.3. The van der Waals surface area contributed by atoms with Gasteiger partial charge in [-0.1, -0.05) is 23.2 Å². The maximum Gasteiger partial charge on any atom is 0.338 e. The van der Waals surface area contributed by atoms with Crippen LogP contribution < -0.4 is 5.73 Å². The van der Waals surface area contributed by atoms with Crippen molar-refractivity contribution in [2.45, 2.75) is 70.0 Å². The topological polar surface area (TPSA) is 211 Å². The van der Waals surface area contributed by atoms with E-state index in [1.807, 2.05) is 36.7 Å². The lowest BCUT2D eigenvalue weighted by atomic mass is 10.1. The van der Waals surface area contributed by atoms with Crippen LogP contribution in [0.15, 0.2) is 98.6 Å².